The first-order valence-corrected chi connectivity index (χ1v) is 7.35. The van der Waals surface area contributed by atoms with Gasteiger partial charge in [0, 0.05) is 6.08 Å². The third-order valence-electron chi connectivity index (χ3n) is 3.91. The molecule has 3 nitrogen and oxygen atoms in total. The number of benzene rings is 1. The van der Waals surface area contributed by atoms with Crippen molar-refractivity contribution >= 4 is 12.0 Å². The SMILES string of the molecule is CCC1CCCC(Oc2ccc(C=CC(=O)O)cc2)C1. The molecular formula is C17H22O3. The van der Waals surface area contributed by atoms with E-state index in [9.17, 15) is 4.79 Å². The zero-order chi connectivity index (χ0) is 14.4. The van der Waals surface area contributed by atoms with Gasteiger partial charge in [0.15, 0.2) is 0 Å². The first-order chi connectivity index (χ1) is 9.67. The Bertz CT molecular complexity index is 462. The number of carboxylic acid groups (broad SMARTS) is 1. The minimum atomic E-state index is -0.932. The smallest absolute Gasteiger partial charge is 0.328 e. The van der Waals surface area contributed by atoms with E-state index in [0.717, 1.165) is 36.1 Å². The van der Waals surface area contributed by atoms with Crippen molar-refractivity contribution in [3.05, 3.63) is 35.9 Å². The van der Waals surface area contributed by atoms with Crippen LogP contribution in [0.1, 0.15) is 44.6 Å². The number of hydrogen-bond acceptors (Lipinski definition) is 2. The molecule has 0 radical (unpaired) electrons. The van der Waals surface area contributed by atoms with Crippen molar-refractivity contribution in [1.29, 1.82) is 0 Å². The average Bonchev–Trinajstić information content (AvgIpc) is 2.47. The molecular weight excluding hydrogens is 252 g/mol. The Morgan fingerprint density at radius 1 is 1.35 bits per heavy atom. The summed E-state index contributed by atoms with van der Waals surface area (Å²) in [5.74, 6) is 0.740. The summed E-state index contributed by atoms with van der Waals surface area (Å²) in [4.78, 5) is 10.4. The summed E-state index contributed by atoms with van der Waals surface area (Å²) in [6.07, 6.45) is 9.15. The molecule has 1 N–H and O–H groups in total. The molecule has 1 aliphatic rings. The van der Waals surface area contributed by atoms with Crippen LogP contribution < -0.4 is 4.74 Å². The van der Waals surface area contributed by atoms with E-state index in [4.69, 9.17) is 9.84 Å². The van der Waals surface area contributed by atoms with Crippen molar-refractivity contribution in [2.45, 2.75) is 45.1 Å². The van der Waals surface area contributed by atoms with Gasteiger partial charge in [0.25, 0.3) is 0 Å². The van der Waals surface area contributed by atoms with Crippen LogP contribution in [0.15, 0.2) is 30.3 Å². The van der Waals surface area contributed by atoms with Crippen molar-refractivity contribution in [2.75, 3.05) is 0 Å². The minimum Gasteiger partial charge on any atom is -0.490 e. The van der Waals surface area contributed by atoms with E-state index in [1.807, 2.05) is 24.3 Å². The minimum absolute atomic E-state index is 0.328. The predicted molar refractivity (Wildman–Crippen MR) is 79.8 cm³/mol. The molecule has 0 aromatic heterocycles. The molecule has 2 rings (SSSR count). The van der Waals surface area contributed by atoms with Crippen LogP contribution in [0.5, 0.6) is 5.75 Å². The molecule has 3 heteroatoms. The van der Waals surface area contributed by atoms with Crippen molar-refractivity contribution in [1.82, 2.24) is 0 Å². The van der Waals surface area contributed by atoms with Gasteiger partial charge in [0.2, 0.25) is 0 Å². The molecule has 20 heavy (non-hydrogen) atoms. The van der Waals surface area contributed by atoms with Crippen LogP contribution in [-0.4, -0.2) is 17.2 Å². The number of aliphatic carboxylic acids is 1. The maximum Gasteiger partial charge on any atom is 0.328 e. The lowest BCUT2D eigenvalue weighted by molar-refractivity contribution is -0.131. The monoisotopic (exact) mass is 274 g/mol. The summed E-state index contributed by atoms with van der Waals surface area (Å²) in [6.45, 7) is 2.25. The van der Waals surface area contributed by atoms with Gasteiger partial charge in [0.05, 0.1) is 6.10 Å². The molecule has 1 aliphatic carbocycles. The molecule has 0 aliphatic heterocycles. The van der Waals surface area contributed by atoms with Crippen LogP contribution in [0.4, 0.5) is 0 Å². The second-order valence-electron chi connectivity index (χ2n) is 5.42. The van der Waals surface area contributed by atoms with Crippen molar-refractivity contribution in [3.63, 3.8) is 0 Å². The fourth-order valence-electron chi connectivity index (χ4n) is 2.74. The number of carbonyl (C=O) groups is 1. The van der Waals surface area contributed by atoms with Crippen molar-refractivity contribution in [3.8, 4) is 5.75 Å². The molecule has 108 valence electrons. The number of ether oxygens (including phenoxy) is 1. The van der Waals surface area contributed by atoms with Gasteiger partial charge in [-0.25, -0.2) is 4.79 Å². The third-order valence-corrected chi connectivity index (χ3v) is 3.91. The van der Waals surface area contributed by atoms with Gasteiger partial charge in [0.1, 0.15) is 5.75 Å². The highest BCUT2D eigenvalue weighted by molar-refractivity contribution is 5.85. The highest BCUT2D eigenvalue weighted by atomic mass is 16.5. The van der Waals surface area contributed by atoms with E-state index in [0.29, 0.717) is 6.10 Å². The molecule has 0 amide bonds. The van der Waals surface area contributed by atoms with Crippen molar-refractivity contribution < 1.29 is 14.6 Å². The summed E-state index contributed by atoms with van der Waals surface area (Å²) in [7, 11) is 0. The quantitative estimate of drug-likeness (QED) is 0.821. The van der Waals surface area contributed by atoms with Crippen LogP contribution in [0.3, 0.4) is 0 Å². The Hall–Kier alpha value is -1.77. The third kappa shape index (κ3) is 4.41. The fourth-order valence-corrected chi connectivity index (χ4v) is 2.74. The normalized spacial score (nSPS) is 22.9. The molecule has 0 saturated heterocycles. The zero-order valence-corrected chi connectivity index (χ0v) is 11.9. The van der Waals surface area contributed by atoms with Crippen LogP contribution in [0.25, 0.3) is 6.08 Å². The number of hydrogen-bond donors (Lipinski definition) is 1. The van der Waals surface area contributed by atoms with Gasteiger partial charge in [-0.1, -0.05) is 31.9 Å². The Kier molecular flexibility index (Phi) is 5.22. The molecule has 1 aromatic carbocycles. The first-order valence-electron chi connectivity index (χ1n) is 7.35. The lowest BCUT2D eigenvalue weighted by Crippen LogP contribution is -2.25. The molecule has 1 fully saturated rings. The average molecular weight is 274 g/mol. The van der Waals surface area contributed by atoms with Gasteiger partial charge in [-0.05, 0) is 49.0 Å². The summed E-state index contributed by atoms with van der Waals surface area (Å²) < 4.78 is 6.03. The van der Waals surface area contributed by atoms with Crippen LogP contribution in [0, 0.1) is 5.92 Å². The van der Waals surface area contributed by atoms with E-state index in [2.05, 4.69) is 6.92 Å². The molecule has 2 atom stereocenters. The highest BCUT2D eigenvalue weighted by Gasteiger charge is 2.21. The Morgan fingerprint density at radius 2 is 2.10 bits per heavy atom. The van der Waals surface area contributed by atoms with Gasteiger partial charge >= 0.3 is 5.97 Å². The highest BCUT2D eigenvalue weighted by Crippen LogP contribution is 2.29. The summed E-state index contributed by atoms with van der Waals surface area (Å²) in [5.41, 5.74) is 0.870. The maximum atomic E-state index is 10.4. The Morgan fingerprint density at radius 3 is 2.75 bits per heavy atom. The van der Waals surface area contributed by atoms with Crippen LogP contribution in [0.2, 0.25) is 0 Å². The molecule has 0 heterocycles. The molecule has 1 aromatic rings. The van der Waals surface area contributed by atoms with E-state index in [1.165, 1.54) is 19.3 Å². The molecule has 2 unspecified atom stereocenters. The first kappa shape index (κ1) is 14.6. The second kappa shape index (κ2) is 7.13. The molecule has 0 spiro atoms. The van der Waals surface area contributed by atoms with E-state index in [-0.39, 0.29) is 0 Å². The lowest BCUT2D eigenvalue weighted by atomic mass is 9.85. The van der Waals surface area contributed by atoms with E-state index in [1.54, 1.807) is 6.08 Å². The second-order valence-corrected chi connectivity index (χ2v) is 5.42. The number of carboxylic acids is 1. The fraction of sp³-hybridized carbons (Fsp3) is 0.471. The summed E-state index contributed by atoms with van der Waals surface area (Å²) >= 11 is 0. The van der Waals surface area contributed by atoms with Gasteiger partial charge < -0.3 is 9.84 Å². The standard InChI is InChI=1S/C17H22O3/c1-2-13-4-3-5-16(12-13)20-15-9-6-14(7-10-15)8-11-17(18)19/h6-11,13,16H,2-5,12H2,1H3,(H,18,19). The zero-order valence-electron chi connectivity index (χ0n) is 11.9. The number of rotatable bonds is 5. The van der Waals surface area contributed by atoms with Gasteiger partial charge in [-0.3, -0.25) is 0 Å². The Labute approximate surface area is 120 Å². The summed E-state index contributed by atoms with van der Waals surface area (Å²) in [5, 5.41) is 8.58. The largest absolute Gasteiger partial charge is 0.490 e. The Balaban J connectivity index is 1.91. The lowest BCUT2D eigenvalue weighted by Gasteiger charge is -2.29. The summed E-state index contributed by atoms with van der Waals surface area (Å²) in [6, 6.07) is 7.60. The van der Waals surface area contributed by atoms with E-state index >= 15 is 0 Å². The van der Waals surface area contributed by atoms with Crippen LogP contribution in [-0.2, 0) is 4.79 Å². The van der Waals surface area contributed by atoms with Crippen LogP contribution >= 0.6 is 0 Å². The maximum absolute atomic E-state index is 10.4. The van der Waals surface area contributed by atoms with Gasteiger partial charge in [-0.2, -0.15) is 0 Å². The van der Waals surface area contributed by atoms with E-state index < -0.39 is 5.97 Å². The van der Waals surface area contributed by atoms with Gasteiger partial charge in [-0.15, -0.1) is 0 Å². The molecule has 0 bridgehead atoms. The topological polar surface area (TPSA) is 46.5 Å². The van der Waals surface area contributed by atoms with Crippen molar-refractivity contribution in [2.24, 2.45) is 5.92 Å². The predicted octanol–water partition coefficient (Wildman–Crippen LogP) is 4.13. The molecule has 1 saturated carbocycles.